The number of anilines is 3. The third kappa shape index (κ3) is 5.22. The van der Waals surface area contributed by atoms with Gasteiger partial charge in [0.25, 0.3) is 0 Å². The van der Waals surface area contributed by atoms with E-state index in [0.29, 0.717) is 0 Å². The summed E-state index contributed by atoms with van der Waals surface area (Å²) in [5, 5.41) is 9.79. The van der Waals surface area contributed by atoms with Crippen LogP contribution in [0.5, 0.6) is 0 Å². The summed E-state index contributed by atoms with van der Waals surface area (Å²) in [5.74, 6) is 0. The molecule has 0 amide bonds. The lowest BCUT2D eigenvalue weighted by molar-refractivity contribution is 0.660. The molecule has 2 aromatic heterocycles. The Morgan fingerprint density at radius 3 is 1.45 bits per heavy atom. The van der Waals surface area contributed by atoms with Gasteiger partial charge >= 0.3 is 0 Å². The number of benzene rings is 11. The predicted molar refractivity (Wildman–Crippen MR) is 290 cm³/mol. The molecule has 0 aliphatic heterocycles. The van der Waals surface area contributed by atoms with E-state index in [1.165, 1.54) is 110 Å². The molecule has 2 aliphatic carbocycles. The van der Waals surface area contributed by atoms with E-state index in [4.69, 9.17) is 4.42 Å². The van der Waals surface area contributed by atoms with Gasteiger partial charge in [-0.25, -0.2) is 0 Å². The van der Waals surface area contributed by atoms with Gasteiger partial charge in [0.05, 0.1) is 11.0 Å². The monoisotopic (exact) mass is 882 g/mol. The van der Waals surface area contributed by atoms with Crippen LogP contribution in [0.15, 0.2) is 211 Å². The van der Waals surface area contributed by atoms with E-state index in [2.05, 4.69) is 243 Å². The number of aromatic nitrogens is 1. The molecule has 0 radical (unpaired) electrons. The van der Waals surface area contributed by atoms with Crippen LogP contribution in [0.2, 0.25) is 0 Å². The van der Waals surface area contributed by atoms with Crippen molar-refractivity contribution in [2.75, 3.05) is 4.90 Å². The van der Waals surface area contributed by atoms with Crippen LogP contribution in [-0.4, -0.2) is 4.57 Å². The largest absolute Gasteiger partial charge is 0.456 e. The summed E-state index contributed by atoms with van der Waals surface area (Å²) in [5.41, 5.74) is 21.6. The summed E-state index contributed by atoms with van der Waals surface area (Å²) in [6, 6.07) is 77.1. The molecule has 0 saturated carbocycles. The zero-order valence-electron chi connectivity index (χ0n) is 38.9. The molecular weight excluding hydrogens is 837 g/mol. The van der Waals surface area contributed by atoms with Crippen molar-refractivity contribution in [1.82, 2.24) is 4.57 Å². The zero-order valence-corrected chi connectivity index (χ0v) is 38.9. The van der Waals surface area contributed by atoms with Crippen molar-refractivity contribution in [3.05, 3.63) is 229 Å². The van der Waals surface area contributed by atoms with E-state index in [1.54, 1.807) is 0 Å². The topological polar surface area (TPSA) is 21.3 Å². The number of furan rings is 1. The molecule has 0 fully saturated rings. The second-order valence-corrected chi connectivity index (χ2v) is 20.5. The smallest absolute Gasteiger partial charge is 0.136 e. The standard InChI is InChI=1S/C66H46N2O/c1-65(2)55-20-10-8-16-46(55)48-30-26-43(37-57(48)65)67(44-27-31-49-47-17-9-11-21-56(47)66(3,4)58(49)38-44)42-28-33-60-54(36-42)53-35-40(25-32-59(53)68(60)41-14-6-5-7-15-41)39-24-29-45-50-18-12-22-61-63(50)64-51(52(45)34-39)19-13-23-62(64)69-61/h5-38H,1-4H3. The number of rotatable bonds is 5. The van der Waals surface area contributed by atoms with Gasteiger partial charge in [-0.15, -0.1) is 0 Å². The first-order valence-corrected chi connectivity index (χ1v) is 24.2. The molecule has 3 heteroatoms. The molecule has 0 N–H and O–H groups in total. The van der Waals surface area contributed by atoms with Crippen molar-refractivity contribution in [1.29, 1.82) is 0 Å². The minimum absolute atomic E-state index is 0.143. The number of hydrogen-bond donors (Lipinski definition) is 0. The van der Waals surface area contributed by atoms with Crippen LogP contribution >= 0.6 is 0 Å². The molecule has 0 saturated heterocycles. The Balaban J connectivity index is 0.957. The van der Waals surface area contributed by atoms with Crippen molar-refractivity contribution >= 4 is 82.4 Å². The Bertz CT molecular complexity index is 4210. The van der Waals surface area contributed by atoms with E-state index in [0.717, 1.165) is 33.9 Å². The fraction of sp³-hybridized carbons (Fsp3) is 0.0909. The molecule has 2 heterocycles. The molecule has 13 aromatic rings. The van der Waals surface area contributed by atoms with Gasteiger partial charge in [0.1, 0.15) is 11.2 Å². The molecule has 0 atom stereocenters. The molecule has 3 nitrogen and oxygen atoms in total. The van der Waals surface area contributed by atoms with Gasteiger partial charge in [-0.3, -0.25) is 0 Å². The van der Waals surface area contributed by atoms with Crippen LogP contribution in [0, 0.1) is 0 Å². The summed E-state index contributed by atoms with van der Waals surface area (Å²) >= 11 is 0. The fourth-order valence-electron chi connectivity index (χ4n) is 12.8. The lowest BCUT2D eigenvalue weighted by Crippen LogP contribution is -2.18. The second kappa shape index (κ2) is 13.6. The van der Waals surface area contributed by atoms with Crippen LogP contribution in [0.4, 0.5) is 17.1 Å². The van der Waals surface area contributed by atoms with Gasteiger partial charge in [0.2, 0.25) is 0 Å². The van der Waals surface area contributed by atoms with Crippen LogP contribution in [0.25, 0.3) is 104 Å². The SMILES string of the molecule is CC1(C)c2ccccc2-c2ccc(N(c3ccc4c(c3)C(C)(C)c3ccccc3-4)c3ccc4c(c3)c3cc(-c5ccc6c(c5)c5cccc7oc8cccc6c8c75)ccc3n4-c3ccccc3)cc21. The first-order valence-electron chi connectivity index (χ1n) is 24.2. The van der Waals surface area contributed by atoms with Crippen molar-refractivity contribution in [2.24, 2.45) is 0 Å². The average Bonchev–Trinajstić information content (AvgIpc) is 4.07. The van der Waals surface area contributed by atoms with Gasteiger partial charge in [0.15, 0.2) is 0 Å². The summed E-state index contributed by atoms with van der Waals surface area (Å²) in [7, 11) is 0. The minimum atomic E-state index is -0.143. The molecule has 11 aromatic carbocycles. The Morgan fingerprint density at radius 1 is 0.348 bits per heavy atom. The van der Waals surface area contributed by atoms with Crippen molar-refractivity contribution in [2.45, 2.75) is 38.5 Å². The lowest BCUT2D eigenvalue weighted by Gasteiger charge is -2.30. The summed E-state index contributed by atoms with van der Waals surface area (Å²) in [4.78, 5) is 2.50. The van der Waals surface area contributed by atoms with Crippen LogP contribution in [0.3, 0.4) is 0 Å². The molecule has 0 unspecified atom stereocenters. The van der Waals surface area contributed by atoms with Gasteiger partial charge in [-0.2, -0.15) is 0 Å². The fourth-order valence-corrected chi connectivity index (χ4v) is 12.8. The number of nitrogens with zero attached hydrogens (tertiary/aromatic N) is 2. The van der Waals surface area contributed by atoms with E-state index in [1.807, 2.05) is 0 Å². The Hall–Kier alpha value is -8.40. The van der Waals surface area contributed by atoms with E-state index in [9.17, 15) is 0 Å². The molecular formula is C66H46N2O. The molecule has 0 spiro atoms. The maximum Gasteiger partial charge on any atom is 0.136 e. The van der Waals surface area contributed by atoms with Crippen LogP contribution in [0.1, 0.15) is 49.9 Å². The molecule has 69 heavy (non-hydrogen) atoms. The van der Waals surface area contributed by atoms with Gasteiger partial charge in [-0.1, -0.05) is 149 Å². The first-order chi connectivity index (χ1) is 33.7. The van der Waals surface area contributed by atoms with E-state index < -0.39 is 0 Å². The number of fused-ring (bicyclic) bond motifs is 12. The second-order valence-electron chi connectivity index (χ2n) is 20.5. The third-order valence-electron chi connectivity index (χ3n) is 16.1. The van der Waals surface area contributed by atoms with E-state index >= 15 is 0 Å². The summed E-state index contributed by atoms with van der Waals surface area (Å²) < 4.78 is 8.82. The average molecular weight is 883 g/mol. The van der Waals surface area contributed by atoms with Gasteiger partial charge < -0.3 is 13.9 Å². The Morgan fingerprint density at radius 2 is 0.826 bits per heavy atom. The van der Waals surface area contributed by atoms with Crippen molar-refractivity contribution < 1.29 is 4.42 Å². The van der Waals surface area contributed by atoms with Crippen molar-refractivity contribution in [3.8, 4) is 39.1 Å². The highest BCUT2D eigenvalue weighted by molar-refractivity contribution is 6.33. The van der Waals surface area contributed by atoms with Crippen LogP contribution in [-0.2, 0) is 10.8 Å². The zero-order chi connectivity index (χ0) is 45.9. The third-order valence-corrected chi connectivity index (χ3v) is 16.1. The Kier molecular flexibility index (Phi) is 7.63. The maximum atomic E-state index is 6.39. The molecule has 2 aliphatic rings. The molecule has 0 bridgehead atoms. The summed E-state index contributed by atoms with van der Waals surface area (Å²) in [6.45, 7) is 9.50. The summed E-state index contributed by atoms with van der Waals surface area (Å²) in [6.07, 6.45) is 0. The predicted octanol–water partition coefficient (Wildman–Crippen LogP) is 18.2. The lowest BCUT2D eigenvalue weighted by atomic mass is 9.82. The van der Waals surface area contributed by atoms with Gasteiger partial charge in [-0.05, 0) is 162 Å². The van der Waals surface area contributed by atoms with Crippen LogP contribution < -0.4 is 4.90 Å². The first kappa shape index (κ1) is 38.7. The highest BCUT2D eigenvalue weighted by Gasteiger charge is 2.38. The quantitative estimate of drug-likeness (QED) is 0.161. The minimum Gasteiger partial charge on any atom is -0.456 e. The maximum absolute atomic E-state index is 6.39. The molecule has 326 valence electrons. The Labute approximate surface area is 400 Å². The molecule has 15 rings (SSSR count). The van der Waals surface area contributed by atoms with Gasteiger partial charge in [0, 0.05) is 55.1 Å². The van der Waals surface area contributed by atoms with Crippen molar-refractivity contribution in [3.63, 3.8) is 0 Å². The number of hydrogen-bond acceptors (Lipinski definition) is 2. The van der Waals surface area contributed by atoms with E-state index in [-0.39, 0.29) is 10.8 Å². The highest BCUT2D eigenvalue weighted by Crippen LogP contribution is 2.54. The normalized spacial score (nSPS) is 14.3. The highest BCUT2D eigenvalue weighted by atomic mass is 16.3. The number of para-hydroxylation sites is 1.